The predicted molar refractivity (Wildman–Crippen MR) is 125 cm³/mol. The van der Waals surface area contributed by atoms with E-state index in [0.29, 0.717) is 5.15 Å². The lowest BCUT2D eigenvalue weighted by atomic mass is 10.0. The highest BCUT2D eigenvalue weighted by Crippen LogP contribution is 2.32. The number of halogens is 1. The van der Waals surface area contributed by atoms with E-state index in [4.69, 9.17) is 11.6 Å². The second-order valence-electron chi connectivity index (χ2n) is 6.78. The highest BCUT2D eigenvalue weighted by atomic mass is 35.5. The molecule has 30 heavy (non-hydrogen) atoms. The van der Waals surface area contributed by atoms with Crippen molar-refractivity contribution in [2.24, 2.45) is 0 Å². The van der Waals surface area contributed by atoms with Gasteiger partial charge in [0, 0.05) is 29.4 Å². The molecule has 0 fully saturated rings. The molecule has 2 aromatic carbocycles. The van der Waals surface area contributed by atoms with E-state index in [1.54, 1.807) is 24.7 Å². The molecule has 4 aromatic rings. The molecule has 2 aromatic heterocycles. The van der Waals surface area contributed by atoms with Gasteiger partial charge in [0.15, 0.2) is 5.15 Å². The maximum Gasteiger partial charge on any atom is 0.152 e. The van der Waals surface area contributed by atoms with E-state index in [0.717, 1.165) is 39.1 Å². The predicted octanol–water partition coefficient (Wildman–Crippen LogP) is 5.91. The molecule has 1 unspecified atom stereocenters. The molecule has 0 saturated heterocycles. The van der Waals surface area contributed by atoms with Gasteiger partial charge in [-0.15, -0.1) is 0 Å². The zero-order chi connectivity index (χ0) is 21.1. The van der Waals surface area contributed by atoms with Crippen LogP contribution in [-0.4, -0.2) is 26.3 Å². The van der Waals surface area contributed by atoms with E-state index >= 15 is 0 Å². The van der Waals surface area contributed by atoms with Crippen LogP contribution in [0.5, 0.6) is 5.75 Å². The fourth-order valence-corrected chi connectivity index (χ4v) is 3.77. The molecule has 0 aliphatic heterocycles. The molecular weight excluding hydrogens is 418 g/mol. The van der Waals surface area contributed by atoms with Crippen LogP contribution in [0.25, 0.3) is 22.0 Å². The number of aromatic hydroxyl groups is 1. The minimum absolute atomic E-state index is 0.00179. The van der Waals surface area contributed by atoms with Gasteiger partial charge in [0.2, 0.25) is 0 Å². The maximum atomic E-state index is 9.52. The molecule has 152 valence electrons. The van der Waals surface area contributed by atoms with Crippen LogP contribution in [0.2, 0.25) is 5.15 Å². The van der Waals surface area contributed by atoms with Gasteiger partial charge in [-0.25, -0.2) is 15.0 Å². The SMILES string of the molecule is CSNc1cc(-c2ccc3ncnc(NC(C)c4ccc(O)cc4)c3c2)cnc1Cl. The van der Waals surface area contributed by atoms with E-state index in [1.165, 1.54) is 11.9 Å². The van der Waals surface area contributed by atoms with Crippen molar-refractivity contribution in [2.45, 2.75) is 13.0 Å². The van der Waals surface area contributed by atoms with Crippen LogP contribution in [0, 0.1) is 0 Å². The van der Waals surface area contributed by atoms with Gasteiger partial charge in [-0.3, -0.25) is 0 Å². The van der Waals surface area contributed by atoms with Gasteiger partial charge >= 0.3 is 0 Å². The fourth-order valence-electron chi connectivity index (χ4n) is 3.19. The molecule has 0 aliphatic rings. The molecule has 1 atom stereocenters. The van der Waals surface area contributed by atoms with Crippen LogP contribution >= 0.6 is 23.5 Å². The molecule has 0 aliphatic carbocycles. The summed E-state index contributed by atoms with van der Waals surface area (Å²) in [5.41, 5.74) is 4.60. The summed E-state index contributed by atoms with van der Waals surface area (Å²) < 4.78 is 3.15. The average Bonchev–Trinajstić information content (AvgIpc) is 2.76. The summed E-state index contributed by atoms with van der Waals surface area (Å²) in [6.07, 6.45) is 5.24. The number of nitrogens with one attached hydrogen (secondary N) is 2. The lowest BCUT2D eigenvalue weighted by Gasteiger charge is -2.17. The van der Waals surface area contributed by atoms with Gasteiger partial charge < -0.3 is 15.1 Å². The molecule has 3 N–H and O–H groups in total. The van der Waals surface area contributed by atoms with E-state index in [9.17, 15) is 5.11 Å². The van der Waals surface area contributed by atoms with Gasteiger partial charge in [0.05, 0.1) is 11.2 Å². The van der Waals surface area contributed by atoms with E-state index in [1.807, 2.05) is 43.5 Å². The zero-order valence-electron chi connectivity index (χ0n) is 16.4. The summed E-state index contributed by atoms with van der Waals surface area (Å²) >= 11 is 7.64. The third-order valence-electron chi connectivity index (χ3n) is 4.77. The minimum atomic E-state index is 0.00179. The summed E-state index contributed by atoms with van der Waals surface area (Å²) in [5, 5.41) is 14.3. The molecule has 0 bridgehead atoms. The molecule has 0 spiro atoms. The van der Waals surface area contributed by atoms with Crippen LogP contribution in [0.3, 0.4) is 0 Å². The van der Waals surface area contributed by atoms with Crippen molar-refractivity contribution in [3.63, 3.8) is 0 Å². The number of phenols is 1. The maximum absolute atomic E-state index is 9.52. The Morgan fingerprint density at radius 1 is 1.00 bits per heavy atom. The van der Waals surface area contributed by atoms with Crippen molar-refractivity contribution < 1.29 is 5.11 Å². The molecule has 4 rings (SSSR count). The average molecular weight is 438 g/mol. The lowest BCUT2D eigenvalue weighted by Crippen LogP contribution is -2.08. The van der Waals surface area contributed by atoms with Crippen molar-refractivity contribution in [3.8, 4) is 16.9 Å². The Labute approximate surface area is 183 Å². The summed E-state index contributed by atoms with van der Waals surface area (Å²) in [4.78, 5) is 13.1. The molecule has 0 radical (unpaired) electrons. The summed E-state index contributed by atoms with van der Waals surface area (Å²) in [6, 6.07) is 15.1. The van der Waals surface area contributed by atoms with Crippen LogP contribution < -0.4 is 10.0 Å². The molecular formula is C22H20ClN5OS. The Bertz CT molecular complexity index is 1190. The Hall–Kier alpha value is -3.03. The monoisotopic (exact) mass is 437 g/mol. The first-order valence-electron chi connectivity index (χ1n) is 9.30. The smallest absolute Gasteiger partial charge is 0.152 e. The summed E-state index contributed by atoms with van der Waals surface area (Å²) in [5.74, 6) is 0.988. The van der Waals surface area contributed by atoms with Gasteiger partial charge in [0.25, 0.3) is 0 Å². The molecule has 2 heterocycles. The third kappa shape index (κ3) is 4.27. The first-order valence-corrected chi connectivity index (χ1v) is 10.9. The Balaban J connectivity index is 1.70. The van der Waals surface area contributed by atoms with Crippen molar-refractivity contribution in [2.75, 3.05) is 16.3 Å². The quantitative estimate of drug-likeness (QED) is 0.255. The second kappa shape index (κ2) is 8.77. The van der Waals surface area contributed by atoms with Crippen LogP contribution in [-0.2, 0) is 0 Å². The number of nitrogens with zero attached hydrogens (tertiary/aromatic N) is 3. The van der Waals surface area contributed by atoms with E-state index in [2.05, 4.69) is 31.1 Å². The number of rotatable bonds is 6. The van der Waals surface area contributed by atoms with Gasteiger partial charge in [-0.2, -0.15) is 0 Å². The number of benzene rings is 2. The highest BCUT2D eigenvalue weighted by molar-refractivity contribution is 7.99. The van der Waals surface area contributed by atoms with Gasteiger partial charge in [-0.05, 0) is 48.4 Å². The second-order valence-corrected chi connectivity index (χ2v) is 7.75. The van der Waals surface area contributed by atoms with Crippen molar-refractivity contribution in [1.82, 2.24) is 15.0 Å². The number of anilines is 2. The first-order chi connectivity index (χ1) is 14.5. The minimum Gasteiger partial charge on any atom is -0.508 e. The number of hydrogen-bond acceptors (Lipinski definition) is 7. The molecule has 8 heteroatoms. The Morgan fingerprint density at radius 2 is 1.80 bits per heavy atom. The number of hydrogen-bond donors (Lipinski definition) is 3. The number of pyridine rings is 1. The van der Waals surface area contributed by atoms with E-state index < -0.39 is 0 Å². The van der Waals surface area contributed by atoms with Crippen LogP contribution in [0.1, 0.15) is 18.5 Å². The standard InChI is InChI=1S/C22H20ClN5OS/c1-13(14-3-6-17(29)7-4-14)27-22-18-9-15(5-8-19(18)25-12-26-22)16-10-20(28-30-2)21(23)24-11-16/h3-13,28-29H,1-2H3,(H,25,26,27). The topological polar surface area (TPSA) is 83.0 Å². The summed E-state index contributed by atoms with van der Waals surface area (Å²) in [6.45, 7) is 2.05. The first kappa shape index (κ1) is 20.3. The Kier molecular flexibility index (Phi) is 5.92. The summed E-state index contributed by atoms with van der Waals surface area (Å²) in [7, 11) is 0. The molecule has 0 saturated carbocycles. The fraction of sp³-hybridized carbons (Fsp3) is 0.136. The van der Waals surface area contributed by atoms with Crippen LogP contribution in [0.15, 0.2) is 61.1 Å². The van der Waals surface area contributed by atoms with Crippen molar-refractivity contribution >= 4 is 46.0 Å². The lowest BCUT2D eigenvalue weighted by molar-refractivity contribution is 0.475. The Morgan fingerprint density at radius 3 is 2.57 bits per heavy atom. The zero-order valence-corrected chi connectivity index (χ0v) is 18.0. The van der Waals surface area contributed by atoms with Crippen molar-refractivity contribution in [1.29, 1.82) is 0 Å². The van der Waals surface area contributed by atoms with E-state index in [-0.39, 0.29) is 11.8 Å². The van der Waals surface area contributed by atoms with Crippen molar-refractivity contribution in [3.05, 3.63) is 71.8 Å². The largest absolute Gasteiger partial charge is 0.508 e. The van der Waals surface area contributed by atoms with Gasteiger partial charge in [-0.1, -0.05) is 41.7 Å². The number of fused-ring (bicyclic) bond motifs is 1. The molecule has 6 nitrogen and oxygen atoms in total. The molecule has 0 amide bonds. The number of aromatic nitrogens is 3. The number of phenolic OH excluding ortho intramolecular Hbond substituents is 1. The normalized spacial score (nSPS) is 12.0. The highest BCUT2D eigenvalue weighted by Gasteiger charge is 2.12. The third-order valence-corrected chi connectivity index (χ3v) is 5.49. The van der Waals surface area contributed by atoms with Crippen LogP contribution in [0.4, 0.5) is 11.5 Å². The van der Waals surface area contributed by atoms with Gasteiger partial charge in [0.1, 0.15) is 17.9 Å².